The van der Waals surface area contributed by atoms with Crippen LogP contribution in [0.2, 0.25) is 0 Å². The van der Waals surface area contributed by atoms with Gasteiger partial charge in [0.15, 0.2) is 0 Å². The average molecular weight is 438 g/mol. The lowest BCUT2D eigenvalue weighted by Crippen LogP contribution is -2.46. The lowest BCUT2D eigenvalue weighted by molar-refractivity contribution is -0.123. The molecule has 0 aromatic rings. The van der Waals surface area contributed by atoms with Gasteiger partial charge in [-0.1, -0.05) is 88.5 Å². The molecule has 0 saturated heterocycles. The largest absolute Gasteiger partial charge is 0.351 e. The molecule has 0 rings (SSSR count). The Balaban J connectivity index is 4.40. The molecule has 0 atom stereocenters. The maximum absolute atomic E-state index is 12.7. The molecule has 0 aromatic carbocycles. The van der Waals surface area contributed by atoms with E-state index in [1.54, 1.807) is 0 Å². The molecule has 0 saturated carbocycles. The van der Waals surface area contributed by atoms with Crippen LogP contribution in [-0.4, -0.2) is 11.4 Å². The van der Waals surface area contributed by atoms with Gasteiger partial charge in [-0.2, -0.15) is 0 Å². The van der Waals surface area contributed by atoms with E-state index in [1.165, 1.54) is 44.9 Å². The van der Waals surface area contributed by atoms with Crippen molar-refractivity contribution >= 4 is 5.91 Å². The third-order valence-electron chi connectivity index (χ3n) is 6.73. The number of hydrogen-bond acceptors (Lipinski definition) is 1. The van der Waals surface area contributed by atoms with Gasteiger partial charge in [0, 0.05) is 12.0 Å². The Morgan fingerprint density at radius 1 is 0.677 bits per heavy atom. The van der Waals surface area contributed by atoms with E-state index >= 15 is 0 Å². The normalized spacial score (nSPS) is 13.9. The van der Waals surface area contributed by atoms with E-state index in [0.29, 0.717) is 17.8 Å². The molecule has 2 heteroatoms. The molecule has 0 spiro atoms. The number of carbonyl (C=O) groups excluding carboxylic acids is 1. The van der Waals surface area contributed by atoms with Crippen molar-refractivity contribution in [1.29, 1.82) is 0 Å². The Bertz CT molecular complexity index is 511. The van der Waals surface area contributed by atoms with Gasteiger partial charge in [-0.3, -0.25) is 4.79 Å². The summed E-state index contributed by atoms with van der Waals surface area (Å²) in [5, 5.41) is 3.33. The first-order chi connectivity index (χ1) is 13.8. The van der Waals surface area contributed by atoms with Gasteiger partial charge in [0.2, 0.25) is 5.91 Å². The minimum atomic E-state index is -0.153. The summed E-state index contributed by atoms with van der Waals surface area (Å²) in [6.07, 6.45) is 11.6. The SMILES string of the molecule is CC(C)CCCC(C)(C)CCCC(C)(C)CCC(=O)NC(C)(C)CC(C)(C)CC(C)C. The fourth-order valence-electron chi connectivity index (χ4n) is 5.59. The van der Waals surface area contributed by atoms with Crippen LogP contribution in [0, 0.1) is 28.1 Å². The van der Waals surface area contributed by atoms with Crippen molar-refractivity contribution in [2.24, 2.45) is 28.1 Å². The van der Waals surface area contributed by atoms with Gasteiger partial charge in [-0.05, 0) is 80.5 Å². The van der Waals surface area contributed by atoms with Crippen LogP contribution in [0.5, 0.6) is 0 Å². The maximum atomic E-state index is 12.7. The minimum Gasteiger partial charge on any atom is -0.351 e. The van der Waals surface area contributed by atoms with Crippen molar-refractivity contribution < 1.29 is 4.79 Å². The Labute approximate surface area is 197 Å². The molecule has 0 aliphatic heterocycles. The standard InChI is InChI=1S/C29H59NO/c1-23(2)15-13-17-26(5,6)18-14-19-27(7,8)20-16-25(31)30-29(11,12)22-28(9,10)21-24(3)4/h23-24H,13-22H2,1-12H3,(H,30,31). The lowest BCUT2D eigenvalue weighted by Gasteiger charge is -2.37. The zero-order valence-corrected chi connectivity index (χ0v) is 23.6. The topological polar surface area (TPSA) is 29.1 Å². The number of amides is 1. The third kappa shape index (κ3) is 16.7. The highest BCUT2D eigenvalue weighted by Crippen LogP contribution is 2.36. The molecule has 1 amide bonds. The van der Waals surface area contributed by atoms with Gasteiger partial charge in [0.1, 0.15) is 0 Å². The maximum Gasteiger partial charge on any atom is 0.220 e. The first kappa shape index (κ1) is 30.5. The smallest absolute Gasteiger partial charge is 0.220 e. The molecule has 0 aromatic heterocycles. The predicted octanol–water partition coefficient (Wildman–Crippen LogP) is 9.17. The second kappa shape index (κ2) is 12.6. The second-order valence-corrected chi connectivity index (χ2v) is 14.3. The van der Waals surface area contributed by atoms with Crippen LogP contribution in [0.3, 0.4) is 0 Å². The summed E-state index contributed by atoms with van der Waals surface area (Å²) in [4.78, 5) is 12.7. The van der Waals surface area contributed by atoms with Crippen LogP contribution in [0.4, 0.5) is 0 Å². The molecule has 0 aliphatic carbocycles. The molecule has 0 radical (unpaired) electrons. The zero-order chi connectivity index (χ0) is 24.5. The van der Waals surface area contributed by atoms with Gasteiger partial charge in [0.05, 0.1) is 0 Å². The van der Waals surface area contributed by atoms with Crippen molar-refractivity contribution in [3.8, 4) is 0 Å². The summed E-state index contributed by atoms with van der Waals surface area (Å²) >= 11 is 0. The Morgan fingerprint density at radius 3 is 1.65 bits per heavy atom. The Kier molecular flexibility index (Phi) is 12.4. The van der Waals surface area contributed by atoms with Gasteiger partial charge < -0.3 is 5.32 Å². The number of carbonyl (C=O) groups is 1. The molecule has 2 nitrogen and oxygen atoms in total. The molecule has 0 bridgehead atoms. The number of hydrogen-bond donors (Lipinski definition) is 1. The summed E-state index contributed by atoms with van der Waals surface area (Å²) in [5.41, 5.74) is 0.757. The molecule has 31 heavy (non-hydrogen) atoms. The summed E-state index contributed by atoms with van der Waals surface area (Å²) in [6, 6.07) is 0. The summed E-state index contributed by atoms with van der Waals surface area (Å²) < 4.78 is 0. The van der Waals surface area contributed by atoms with E-state index in [4.69, 9.17) is 0 Å². The summed E-state index contributed by atoms with van der Waals surface area (Å²) in [5.74, 6) is 1.71. The Hall–Kier alpha value is -0.530. The fraction of sp³-hybridized carbons (Fsp3) is 0.966. The van der Waals surface area contributed by atoms with Crippen molar-refractivity contribution in [1.82, 2.24) is 5.32 Å². The fourth-order valence-corrected chi connectivity index (χ4v) is 5.59. The lowest BCUT2D eigenvalue weighted by atomic mass is 9.75. The van der Waals surface area contributed by atoms with Gasteiger partial charge >= 0.3 is 0 Å². The van der Waals surface area contributed by atoms with Crippen molar-refractivity contribution in [3.63, 3.8) is 0 Å². The molecule has 0 unspecified atom stereocenters. The molecule has 1 N–H and O–H groups in total. The molecule has 0 aliphatic rings. The van der Waals surface area contributed by atoms with Crippen molar-refractivity contribution in [3.05, 3.63) is 0 Å². The highest BCUT2D eigenvalue weighted by atomic mass is 16.1. The van der Waals surface area contributed by atoms with Crippen molar-refractivity contribution in [2.45, 2.75) is 153 Å². The summed E-state index contributed by atoms with van der Waals surface area (Å²) in [7, 11) is 0. The van der Waals surface area contributed by atoms with Crippen LogP contribution >= 0.6 is 0 Å². The molecular formula is C29H59NO. The number of rotatable bonds is 16. The van der Waals surface area contributed by atoms with Crippen LogP contribution in [0.1, 0.15) is 147 Å². The van der Waals surface area contributed by atoms with E-state index in [2.05, 4.69) is 88.4 Å². The Morgan fingerprint density at radius 2 is 1.16 bits per heavy atom. The van der Waals surface area contributed by atoms with Gasteiger partial charge in [0.25, 0.3) is 0 Å². The van der Waals surface area contributed by atoms with Crippen LogP contribution in [-0.2, 0) is 4.79 Å². The van der Waals surface area contributed by atoms with Crippen LogP contribution in [0.25, 0.3) is 0 Å². The van der Waals surface area contributed by atoms with E-state index < -0.39 is 0 Å². The highest BCUT2D eigenvalue weighted by Gasteiger charge is 2.31. The van der Waals surface area contributed by atoms with Gasteiger partial charge in [-0.25, -0.2) is 0 Å². The first-order valence-electron chi connectivity index (χ1n) is 13.2. The molecule has 0 heterocycles. The molecule has 186 valence electrons. The first-order valence-corrected chi connectivity index (χ1v) is 13.2. The highest BCUT2D eigenvalue weighted by molar-refractivity contribution is 5.76. The summed E-state index contributed by atoms with van der Waals surface area (Å²) in [6.45, 7) is 27.7. The van der Waals surface area contributed by atoms with E-state index in [-0.39, 0.29) is 22.3 Å². The van der Waals surface area contributed by atoms with E-state index in [9.17, 15) is 4.79 Å². The van der Waals surface area contributed by atoms with E-state index in [0.717, 1.165) is 18.8 Å². The molecule has 0 fully saturated rings. The monoisotopic (exact) mass is 437 g/mol. The van der Waals surface area contributed by atoms with Crippen molar-refractivity contribution in [2.75, 3.05) is 0 Å². The van der Waals surface area contributed by atoms with Gasteiger partial charge in [-0.15, -0.1) is 0 Å². The average Bonchev–Trinajstić information content (AvgIpc) is 2.48. The second-order valence-electron chi connectivity index (χ2n) is 14.3. The quantitative estimate of drug-likeness (QED) is 0.256. The van der Waals surface area contributed by atoms with Crippen LogP contribution in [0.15, 0.2) is 0 Å². The predicted molar refractivity (Wildman–Crippen MR) is 139 cm³/mol. The third-order valence-corrected chi connectivity index (χ3v) is 6.73. The van der Waals surface area contributed by atoms with Crippen LogP contribution < -0.4 is 5.32 Å². The minimum absolute atomic E-state index is 0.153. The molecular weight excluding hydrogens is 378 g/mol. The zero-order valence-electron chi connectivity index (χ0n) is 23.6. The van der Waals surface area contributed by atoms with E-state index in [1.807, 2.05) is 0 Å². The number of nitrogens with one attached hydrogen (secondary N) is 1.